The zero-order valence-electron chi connectivity index (χ0n) is 4.33. The van der Waals surface area contributed by atoms with E-state index < -0.39 is 0 Å². The standard InChI is InChI=1S/C5H8N2/c1-6-2-3-4-5(6)7(3)4/h3-5H,2H2,1H3. The maximum Gasteiger partial charge on any atom is 0.0805 e. The molecule has 4 fully saturated rings. The lowest BCUT2D eigenvalue weighted by Crippen LogP contribution is -2.15. The second kappa shape index (κ2) is 0.565. The monoisotopic (exact) mass is 96.1 g/mol. The lowest BCUT2D eigenvalue weighted by atomic mass is 10.3. The molecule has 4 aliphatic rings. The third-order valence-corrected chi connectivity index (χ3v) is 2.48. The van der Waals surface area contributed by atoms with Crippen LogP contribution in [-0.2, 0) is 0 Å². The minimum Gasteiger partial charge on any atom is -0.288 e. The van der Waals surface area contributed by atoms with Gasteiger partial charge < -0.3 is 0 Å². The van der Waals surface area contributed by atoms with E-state index in [-0.39, 0.29) is 0 Å². The molecule has 0 aromatic heterocycles. The van der Waals surface area contributed by atoms with Crippen LogP contribution >= 0.6 is 0 Å². The summed E-state index contributed by atoms with van der Waals surface area (Å²) < 4.78 is 0. The van der Waals surface area contributed by atoms with Crippen LogP contribution in [0.15, 0.2) is 0 Å². The molecule has 4 saturated heterocycles. The van der Waals surface area contributed by atoms with Gasteiger partial charge in [-0.3, -0.25) is 9.80 Å². The highest BCUT2D eigenvalue weighted by Crippen LogP contribution is 2.58. The van der Waals surface area contributed by atoms with Gasteiger partial charge in [0.15, 0.2) is 0 Å². The van der Waals surface area contributed by atoms with E-state index >= 15 is 0 Å². The van der Waals surface area contributed by atoms with Crippen LogP contribution in [0.1, 0.15) is 0 Å². The first-order valence-electron chi connectivity index (χ1n) is 2.87. The Labute approximate surface area is 42.7 Å². The highest BCUT2D eigenvalue weighted by Gasteiger charge is 2.78. The van der Waals surface area contributed by atoms with Crippen LogP contribution < -0.4 is 0 Å². The Bertz CT molecular complexity index is 117. The SMILES string of the molecule is CN1CC2C3C1N23. The minimum absolute atomic E-state index is 0.907. The van der Waals surface area contributed by atoms with Gasteiger partial charge in [0, 0.05) is 12.6 Å². The average molecular weight is 96.1 g/mol. The van der Waals surface area contributed by atoms with Crippen LogP contribution in [-0.4, -0.2) is 41.6 Å². The van der Waals surface area contributed by atoms with Gasteiger partial charge in [-0.05, 0) is 7.05 Å². The van der Waals surface area contributed by atoms with Crippen LogP contribution in [0.2, 0.25) is 0 Å². The van der Waals surface area contributed by atoms with Gasteiger partial charge in [-0.1, -0.05) is 0 Å². The molecule has 0 aliphatic carbocycles. The maximum atomic E-state index is 2.56. The summed E-state index contributed by atoms with van der Waals surface area (Å²) in [6, 6.07) is 2.04. The first-order chi connectivity index (χ1) is 3.39. The molecule has 2 heteroatoms. The van der Waals surface area contributed by atoms with E-state index in [0.29, 0.717) is 0 Å². The number of hydrogen-bond acceptors (Lipinski definition) is 2. The molecule has 7 heavy (non-hydrogen) atoms. The zero-order valence-corrected chi connectivity index (χ0v) is 4.33. The highest BCUT2D eigenvalue weighted by atomic mass is 15.7. The summed E-state index contributed by atoms with van der Waals surface area (Å²) in [6.07, 6.45) is 0.907. The smallest absolute Gasteiger partial charge is 0.0805 e. The molecule has 4 heterocycles. The quantitative estimate of drug-likeness (QED) is 0.369. The van der Waals surface area contributed by atoms with Crippen molar-refractivity contribution in [1.82, 2.24) is 9.80 Å². The summed E-state index contributed by atoms with van der Waals surface area (Å²) in [5.74, 6) is 0. The van der Waals surface area contributed by atoms with E-state index in [1.54, 1.807) is 0 Å². The Morgan fingerprint density at radius 3 is 2.43 bits per heavy atom. The van der Waals surface area contributed by atoms with Gasteiger partial charge in [0.25, 0.3) is 0 Å². The third kappa shape index (κ3) is 0.159. The summed E-state index contributed by atoms with van der Waals surface area (Å²) in [4.78, 5) is 5.00. The van der Waals surface area contributed by atoms with Crippen molar-refractivity contribution >= 4 is 0 Å². The molecular formula is C5H8N2. The van der Waals surface area contributed by atoms with Crippen LogP contribution in [0, 0.1) is 0 Å². The number of likely N-dealkylation sites (N-methyl/N-ethyl adjacent to an activating group) is 1. The Morgan fingerprint density at radius 1 is 1.57 bits per heavy atom. The van der Waals surface area contributed by atoms with Crippen LogP contribution in [0.3, 0.4) is 0 Å². The molecule has 4 atom stereocenters. The summed E-state index contributed by atoms with van der Waals surface area (Å²) in [5.41, 5.74) is 0. The lowest BCUT2D eigenvalue weighted by Gasteiger charge is -2.00. The normalized spacial score (nSPS) is 73.3. The van der Waals surface area contributed by atoms with Gasteiger partial charge in [-0.15, -0.1) is 0 Å². The molecule has 4 rings (SSSR count). The highest BCUT2D eigenvalue weighted by molar-refractivity contribution is 5.31. The molecule has 2 bridgehead atoms. The van der Waals surface area contributed by atoms with E-state index in [0.717, 1.165) is 18.2 Å². The molecule has 0 aromatic carbocycles. The third-order valence-electron chi connectivity index (χ3n) is 2.48. The Hall–Kier alpha value is -0.0800. The molecule has 4 unspecified atom stereocenters. The van der Waals surface area contributed by atoms with Crippen molar-refractivity contribution in [2.45, 2.75) is 18.2 Å². The Balaban J connectivity index is 2.06. The zero-order chi connectivity index (χ0) is 4.59. The van der Waals surface area contributed by atoms with Crippen LogP contribution in [0.5, 0.6) is 0 Å². The molecule has 0 amide bonds. The van der Waals surface area contributed by atoms with Crippen LogP contribution in [0.4, 0.5) is 0 Å². The fourth-order valence-electron chi connectivity index (χ4n) is 1.96. The number of nitrogens with zero attached hydrogens (tertiary/aromatic N) is 2. The van der Waals surface area contributed by atoms with Gasteiger partial charge in [-0.25, -0.2) is 0 Å². The molecule has 0 spiro atoms. The summed E-state index contributed by atoms with van der Waals surface area (Å²) in [5, 5.41) is 0. The Morgan fingerprint density at radius 2 is 2.29 bits per heavy atom. The van der Waals surface area contributed by atoms with Crippen molar-refractivity contribution in [3.8, 4) is 0 Å². The minimum atomic E-state index is 0.907. The van der Waals surface area contributed by atoms with E-state index in [2.05, 4.69) is 16.8 Å². The summed E-state index contributed by atoms with van der Waals surface area (Å²) in [6.45, 7) is 1.34. The molecular weight excluding hydrogens is 88.1 g/mol. The number of hydrogen-bond donors (Lipinski definition) is 0. The van der Waals surface area contributed by atoms with Gasteiger partial charge >= 0.3 is 0 Å². The molecule has 0 aromatic rings. The van der Waals surface area contributed by atoms with Crippen molar-refractivity contribution in [2.24, 2.45) is 0 Å². The van der Waals surface area contributed by atoms with Crippen molar-refractivity contribution in [1.29, 1.82) is 0 Å². The molecule has 2 nitrogen and oxygen atoms in total. The fraction of sp³-hybridized carbons (Fsp3) is 1.00. The van der Waals surface area contributed by atoms with Gasteiger partial charge in [0.1, 0.15) is 0 Å². The first kappa shape index (κ1) is 3.05. The lowest BCUT2D eigenvalue weighted by molar-refractivity contribution is 0.376. The predicted octanol–water partition coefficient (Wildman–Crippen LogP) is -0.676. The second-order valence-corrected chi connectivity index (χ2v) is 2.86. The largest absolute Gasteiger partial charge is 0.288 e. The van der Waals surface area contributed by atoms with Gasteiger partial charge in [-0.2, -0.15) is 0 Å². The van der Waals surface area contributed by atoms with Crippen molar-refractivity contribution in [3.63, 3.8) is 0 Å². The number of rotatable bonds is 0. The maximum absolute atomic E-state index is 2.56. The average Bonchev–Trinajstić information content (AvgIpc) is 2.41. The molecule has 4 aliphatic heterocycles. The number of piperazine rings is 1. The molecule has 0 N–H and O–H groups in total. The second-order valence-electron chi connectivity index (χ2n) is 2.86. The molecule has 0 radical (unpaired) electrons. The van der Waals surface area contributed by atoms with Gasteiger partial charge in [0.05, 0.1) is 12.2 Å². The fourth-order valence-corrected chi connectivity index (χ4v) is 1.96. The van der Waals surface area contributed by atoms with Crippen molar-refractivity contribution < 1.29 is 0 Å². The Kier molecular flexibility index (Phi) is 0.246. The number of fused-ring (bicyclic) bond motifs is 1. The van der Waals surface area contributed by atoms with Crippen LogP contribution in [0.25, 0.3) is 0 Å². The van der Waals surface area contributed by atoms with E-state index in [1.165, 1.54) is 6.54 Å². The van der Waals surface area contributed by atoms with E-state index in [9.17, 15) is 0 Å². The van der Waals surface area contributed by atoms with E-state index in [4.69, 9.17) is 0 Å². The van der Waals surface area contributed by atoms with Gasteiger partial charge in [0.2, 0.25) is 0 Å². The molecule has 38 valence electrons. The molecule has 0 saturated carbocycles. The topological polar surface area (TPSA) is 6.25 Å². The summed E-state index contributed by atoms with van der Waals surface area (Å²) >= 11 is 0. The van der Waals surface area contributed by atoms with Crippen molar-refractivity contribution in [2.75, 3.05) is 13.6 Å². The van der Waals surface area contributed by atoms with E-state index in [1.807, 2.05) is 0 Å². The predicted molar refractivity (Wildman–Crippen MR) is 25.8 cm³/mol. The first-order valence-corrected chi connectivity index (χ1v) is 2.87. The van der Waals surface area contributed by atoms with Crippen molar-refractivity contribution in [3.05, 3.63) is 0 Å². The summed E-state index contributed by atoms with van der Waals surface area (Å²) in [7, 11) is 2.21.